The lowest BCUT2D eigenvalue weighted by Gasteiger charge is -2.25. The first kappa shape index (κ1) is 19.4. The minimum atomic E-state index is -0.0489. The van der Waals surface area contributed by atoms with Gasteiger partial charge < -0.3 is 15.1 Å². The van der Waals surface area contributed by atoms with Crippen molar-refractivity contribution < 1.29 is 4.42 Å². The quantitative estimate of drug-likeness (QED) is 0.616. The molecule has 0 aromatic carbocycles. The topological polar surface area (TPSA) is 93.2 Å². The van der Waals surface area contributed by atoms with Crippen LogP contribution in [0.5, 0.6) is 0 Å². The lowest BCUT2D eigenvalue weighted by Crippen LogP contribution is -2.47. The first-order valence-corrected chi connectivity index (χ1v) is 9.81. The van der Waals surface area contributed by atoms with Gasteiger partial charge in [-0.15, -0.1) is 0 Å². The molecular weight excluding hydrogens is 342 g/mol. The number of rotatable bonds is 5. The molecule has 1 atom stereocenters. The van der Waals surface area contributed by atoms with E-state index in [1.54, 1.807) is 6.20 Å². The fourth-order valence-corrected chi connectivity index (χ4v) is 3.02. The van der Waals surface area contributed by atoms with Gasteiger partial charge in [0.05, 0.1) is 12.7 Å². The molecule has 0 bridgehead atoms. The van der Waals surface area contributed by atoms with Gasteiger partial charge in [-0.25, -0.2) is 19.6 Å². The SMILES string of the molecule is CCNC(=NCc1ncc(C(C)(C)C)o1)NC1CCc2nc(CC)nn2C1. The highest BCUT2D eigenvalue weighted by Gasteiger charge is 2.22. The predicted octanol–water partition coefficient (Wildman–Crippen LogP) is 2.20. The van der Waals surface area contributed by atoms with E-state index in [2.05, 4.69) is 65.3 Å². The molecule has 1 unspecified atom stereocenters. The van der Waals surface area contributed by atoms with E-state index in [0.29, 0.717) is 12.4 Å². The monoisotopic (exact) mass is 373 g/mol. The van der Waals surface area contributed by atoms with Crippen LogP contribution in [0, 0.1) is 0 Å². The zero-order chi connectivity index (χ0) is 19.4. The number of aliphatic imine (C=N–C) groups is 1. The van der Waals surface area contributed by atoms with Crippen LogP contribution in [-0.2, 0) is 31.3 Å². The van der Waals surface area contributed by atoms with Crippen molar-refractivity contribution in [1.29, 1.82) is 0 Å². The Morgan fingerprint density at radius 2 is 2.19 bits per heavy atom. The maximum absolute atomic E-state index is 5.83. The summed E-state index contributed by atoms with van der Waals surface area (Å²) in [5, 5.41) is 11.4. The Hall–Kier alpha value is -2.38. The van der Waals surface area contributed by atoms with Crippen LogP contribution in [0.1, 0.15) is 64.3 Å². The number of aromatic nitrogens is 4. The van der Waals surface area contributed by atoms with Gasteiger partial charge in [0.2, 0.25) is 5.89 Å². The van der Waals surface area contributed by atoms with Crippen molar-refractivity contribution in [1.82, 2.24) is 30.4 Å². The molecule has 3 heterocycles. The Balaban J connectivity index is 1.63. The van der Waals surface area contributed by atoms with Crippen molar-refractivity contribution in [3.05, 3.63) is 29.5 Å². The standard InChI is InChI=1S/C19H31N7O/c1-6-15-24-16-9-8-13(12-26(16)25-15)23-18(20-7-2)22-11-17-21-10-14(27-17)19(3,4)5/h10,13H,6-9,11-12H2,1-5H3,(H2,20,22,23). The Morgan fingerprint density at radius 3 is 2.85 bits per heavy atom. The number of guanidine groups is 1. The molecule has 1 aliphatic rings. The van der Waals surface area contributed by atoms with Gasteiger partial charge in [0.1, 0.15) is 18.1 Å². The van der Waals surface area contributed by atoms with Crippen LogP contribution in [0.2, 0.25) is 0 Å². The van der Waals surface area contributed by atoms with E-state index in [1.807, 2.05) is 4.68 Å². The number of aryl methyl sites for hydroxylation is 2. The summed E-state index contributed by atoms with van der Waals surface area (Å²) in [4.78, 5) is 13.6. The normalized spacial score (nSPS) is 17.7. The Morgan fingerprint density at radius 1 is 1.37 bits per heavy atom. The fraction of sp³-hybridized carbons (Fsp3) is 0.684. The summed E-state index contributed by atoms with van der Waals surface area (Å²) in [7, 11) is 0. The van der Waals surface area contributed by atoms with E-state index in [1.165, 1.54) is 0 Å². The maximum atomic E-state index is 5.83. The van der Waals surface area contributed by atoms with Crippen LogP contribution in [-0.4, -0.2) is 38.3 Å². The Kier molecular flexibility index (Phi) is 5.82. The number of oxazole rings is 1. The summed E-state index contributed by atoms with van der Waals surface area (Å²) in [6, 6.07) is 0.274. The molecule has 27 heavy (non-hydrogen) atoms. The molecule has 2 N–H and O–H groups in total. The average molecular weight is 374 g/mol. The molecule has 0 aliphatic carbocycles. The molecule has 3 rings (SSSR count). The highest BCUT2D eigenvalue weighted by molar-refractivity contribution is 5.80. The summed E-state index contributed by atoms with van der Waals surface area (Å²) in [5.41, 5.74) is -0.0489. The highest BCUT2D eigenvalue weighted by atomic mass is 16.4. The zero-order valence-electron chi connectivity index (χ0n) is 17.0. The first-order chi connectivity index (χ1) is 12.9. The molecule has 0 saturated carbocycles. The van der Waals surface area contributed by atoms with Crippen molar-refractivity contribution in [2.45, 2.75) is 78.4 Å². The number of nitrogens with one attached hydrogen (secondary N) is 2. The van der Waals surface area contributed by atoms with Gasteiger partial charge in [-0.2, -0.15) is 5.10 Å². The van der Waals surface area contributed by atoms with Crippen molar-refractivity contribution in [3.63, 3.8) is 0 Å². The van der Waals surface area contributed by atoms with Crippen LogP contribution in [0.4, 0.5) is 0 Å². The van der Waals surface area contributed by atoms with Crippen molar-refractivity contribution in [2.24, 2.45) is 4.99 Å². The van der Waals surface area contributed by atoms with Crippen LogP contribution in [0.3, 0.4) is 0 Å². The molecule has 148 valence electrons. The van der Waals surface area contributed by atoms with E-state index in [9.17, 15) is 0 Å². The third-order valence-electron chi connectivity index (χ3n) is 4.57. The molecule has 1 aliphatic heterocycles. The molecule has 2 aromatic rings. The summed E-state index contributed by atoms with van der Waals surface area (Å²) >= 11 is 0. The zero-order valence-corrected chi connectivity index (χ0v) is 17.0. The Bertz CT molecular complexity index is 784. The van der Waals surface area contributed by atoms with Crippen LogP contribution in [0.15, 0.2) is 15.6 Å². The summed E-state index contributed by atoms with van der Waals surface area (Å²) in [6.07, 6.45) is 4.61. The molecule has 8 heteroatoms. The summed E-state index contributed by atoms with van der Waals surface area (Å²) in [5.74, 6) is 4.29. The predicted molar refractivity (Wildman–Crippen MR) is 105 cm³/mol. The molecule has 0 spiro atoms. The van der Waals surface area contributed by atoms with Gasteiger partial charge in [-0.3, -0.25) is 0 Å². The molecule has 0 saturated heterocycles. The molecule has 2 aromatic heterocycles. The summed E-state index contributed by atoms with van der Waals surface area (Å²) in [6.45, 7) is 12.5. The third-order valence-corrected chi connectivity index (χ3v) is 4.57. The minimum Gasteiger partial charge on any atom is -0.443 e. The van der Waals surface area contributed by atoms with Crippen molar-refractivity contribution in [2.75, 3.05) is 6.54 Å². The van der Waals surface area contributed by atoms with Gasteiger partial charge in [-0.05, 0) is 13.3 Å². The fourth-order valence-electron chi connectivity index (χ4n) is 3.02. The van der Waals surface area contributed by atoms with Crippen molar-refractivity contribution in [3.8, 4) is 0 Å². The van der Waals surface area contributed by atoms with Crippen LogP contribution in [0.25, 0.3) is 0 Å². The first-order valence-electron chi connectivity index (χ1n) is 9.81. The van der Waals surface area contributed by atoms with E-state index in [4.69, 9.17) is 4.42 Å². The van der Waals surface area contributed by atoms with Gasteiger partial charge in [0.15, 0.2) is 11.8 Å². The average Bonchev–Trinajstić information content (AvgIpc) is 3.25. The molecular formula is C19H31N7O. The molecule has 8 nitrogen and oxygen atoms in total. The largest absolute Gasteiger partial charge is 0.443 e. The van der Waals surface area contributed by atoms with Gasteiger partial charge in [0, 0.05) is 30.8 Å². The van der Waals surface area contributed by atoms with E-state index in [0.717, 1.165) is 55.7 Å². The second-order valence-electron chi connectivity index (χ2n) is 7.92. The number of nitrogens with zero attached hydrogens (tertiary/aromatic N) is 5. The van der Waals surface area contributed by atoms with Gasteiger partial charge in [-0.1, -0.05) is 27.7 Å². The van der Waals surface area contributed by atoms with Crippen LogP contribution >= 0.6 is 0 Å². The second kappa shape index (κ2) is 8.10. The van der Waals surface area contributed by atoms with Crippen LogP contribution < -0.4 is 10.6 Å². The van der Waals surface area contributed by atoms with E-state index in [-0.39, 0.29) is 11.5 Å². The van der Waals surface area contributed by atoms with E-state index < -0.39 is 0 Å². The highest BCUT2D eigenvalue weighted by Crippen LogP contribution is 2.22. The minimum absolute atomic E-state index is 0.0489. The molecule has 0 fully saturated rings. The maximum Gasteiger partial charge on any atom is 0.216 e. The van der Waals surface area contributed by atoms with Gasteiger partial charge >= 0.3 is 0 Å². The van der Waals surface area contributed by atoms with E-state index >= 15 is 0 Å². The number of fused-ring (bicyclic) bond motifs is 1. The van der Waals surface area contributed by atoms with Crippen molar-refractivity contribution >= 4 is 5.96 Å². The van der Waals surface area contributed by atoms with Gasteiger partial charge in [0.25, 0.3) is 0 Å². The Labute approximate surface area is 160 Å². The second-order valence-corrected chi connectivity index (χ2v) is 7.92. The number of hydrogen-bond acceptors (Lipinski definition) is 5. The summed E-state index contributed by atoms with van der Waals surface area (Å²) < 4.78 is 7.85. The molecule has 0 amide bonds. The molecule has 0 radical (unpaired) electrons. The lowest BCUT2D eigenvalue weighted by atomic mass is 9.94. The number of hydrogen-bond donors (Lipinski definition) is 2. The lowest BCUT2D eigenvalue weighted by molar-refractivity contribution is 0.381. The smallest absolute Gasteiger partial charge is 0.216 e. The third kappa shape index (κ3) is 4.87.